The number of hydrogen-bond acceptors (Lipinski definition) is 3. The average Bonchev–Trinajstić information content (AvgIpc) is 2.64. The van der Waals surface area contributed by atoms with Crippen molar-refractivity contribution in [3.63, 3.8) is 0 Å². The molecule has 0 fully saturated rings. The molecular weight excluding hydrogens is 248 g/mol. The molecule has 0 saturated carbocycles. The molecule has 3 heteroatoms. The molecule has 3 rings (SSSR count). The predicted octanol–water partition coefficient (Wildman–Crippen LogP) is 3.76. The molecule has 0 spiro atoms. The summed E-state index contributed by atoms with van der Waals surface area (Å²) in [6.45, 7) is 0. The van der Waals surface area contributed by atoms with Crippen LogP contribution in [0.3, 0.4) is 0 Å². The van der Waals surface area contributed by atoms with Gasteiger partial charge in [0.25, 0.3) is 0 Å². The molecular formula is C14H10OS2. The Hall–Kier alpha value is -1.19. The molecule has 0 saturated heterocycles. The number of ketones is 1. The van der Waals surface area contributed by atoms with E-state index in [9.17, 15) is 4.79 Å². The zero-order valence-electron chi connectivity index (χ0n) is 8.92. The van der Waals surface area contributed by atoms with Crippen LogP contribution < -0.4 is 0 Å². The molecule has 0 amide bonds. The zero-order chi connectivity index (χ0) is 12.0. The fourth-order valence-corrected chi connectivity index (χ4v) is 2.53. The fraction of sp³-hybridized carbons (Fsp3) is 0.0714. The van der Waals surface area contributed by atoms with Gasteiger partial charge in [-0.1, -0.05) is 36.4 Å². The maximum absolute atomic E-state index is 12.2. The minimum atomic E-state index is -0.156. The molecule has 84 valence electrons. The lowest BCUT2D eigenvalue weighted by Crippen LogP contribution is -1.96. The van der Waals surface area contributed by atoms with Gasteiger partial charge in [-0.3, -0.25) is 4.79 Å². The molecule has 0 aromatic heterocycles. The topological polar surface area (TPSA) is 17.1 Å². The van der Waals surface area contributed by atoms with E-state index in [1.807, 2.05) is 42.5 Å². The van der Waals surface area contributed by atoms with Crippen LogP contribution in [0.2, 0.25) is 0 Å². The van der Waals surface area contributed by atoms with E-state index >= 15 is 0 Å². The lowest BCUT2D eigenvalue weighted by molar-refractivity contribution is 0.104. The first-order chi connectivity index (χ1) is 8.18. The smallest absolute Gasteiger partial charge is 0.194 e. The minimum Gasteiger partial charge on any atom is -0.289 e. The maximum atomic E-state index is 12.2. The van der Waals surface area contributed by atoms with Gasteiger partial charge in [0.15, 0.2) is 5.78 Å². The van der Waals surface area contributed by atoms with E-state index in [0.717, 1.165) is 27.8 Å². The van der Waals surface area contributed by atoms with Crippen molar-refractivity contribution in [2.75, 3.05) is 0 Å². The van der Waals surface area contributed by atoms with Crippen LogP contribution in [-0.2, 0) is 0 Å². The molecule has 0 unspecified atom stereocenters. The van der Waals surface area contributed by atoms with Gasteiger partial charge in [-0.15, -0.1) is 0 Å². The lowest BCUT2D eigenvalue weighted by Gasteiger charge is -2.06. The Balaban J connectivity index is 2.24. The van der Waals surface area contributed by atoms with Crippen molar-refractivity contribution >= 4 is 31.0 Å². The molecule has 2 aromatic carbocycles. The summed E-state index contributed by atoms with van der Waals surface area (Å²) < 4.78 is -0.156. The monoisotopic (exact) mass is 258 g/mol. The van der Waals surface area contributed by atoms with Gasteiger partial charge in [0.2, 0.25) is 0 Å². The number of carbonyl (C=O) groups excluding carboxylic acids is 1. The number of carbonyl (C=O) groups is 1. The van der Waals surface area contributed by atoms with Crippen molar-refractivity contribution in [3.05, 3.63) is 59.2 Å². The van der Waals surface area contributed by atoms with Crippen LogP contribution in [0, 0.1) is 0 Å². The van der Waals surface area contributed by atoms with E-state index in [-0.39, 0.29) is 10.4 Å². The number of hydrogen-bond donors (Lipinski definition) is 2. The standard InChI is InChI=1S/C14H10OS2/c15-13-11-4-2-1-3-9(11)10-6-5-8(14(16)17)7-12(10)13/h1-7,14,16-17H. The Morgan fingerprint density at radius 3 is 2.18 bits per heavy atom. The number of fused-ring (bicyclic) bond motifs is 3. The summed E-state index contributed by atoms with van der Waals surface area (Å²) >= 11 is 8.54. The zero-order valence-corrected chi connectivity index (χ0v) is 10.7. The Kier molecular flexibility index (Phi) is 2.53. The summed E-state index contributed by atoms with van der Waals surface area (Å²) in [6.07, 6.45) is 0. The highest BCUT2D eigenvalue weighted by molar-refractivity contribution is 7.98. The summed E-state index contributed by atoms with van der Waals surface area (Å²) in [5.41, 5.74) is 4.54. The molecule has 0 N–H and O–H groups in total. The number of thiol groups is 2. The van der Waals surface area contributed by atoms with Gasteiger partial charge in [0.05, 0.1) is 4.58 Å². The van der Waals surface area contributed by atoms with Gasteiger partial charge in [0, 0.05) is 11.1 Å². The Bertz CT molecular complexity index is 617. The van der Waals surface area contributed by atoms with Gasteiger partial charge in [0.1, 0.15) is 0 Å². The molecule has 0 radical (unpaired) electrons. The van der Waals surface area contributed by atoms with E-state index in [1.54, 1.807) is 0 Å². The first kappa shape index (κ1) is 10.9. The number of rotatable bonds is 1. The second-order valence-corrected chi connectivity index (χ2v) is 5.49. The van der Waals surface area contributed by atoms with Crippen LogP contribution in [0.4, 0.5) is 0 Å². The van der Waals surface area contributed by atoms with Crippen molar-refractivity contribution in [1.29, 1.82) is 0 Å². The largest absolute Gasteiger partial charge is 0.289 e. The van der Waals surface area contributed by atoms with E-state index in [2.05, 4.69) is 25.3 Å². The van der Waals surface area contributed by atoms with E-state index < -0.39 is 0 Å². The van der Waals surface area contributed by atoms with Crippen molar-refractivity contribution in [2.45, 2.75) is 4.58 Å². The van der Waals surface area contributed by atoms with Crippen LogP contribution in [0.1, 0.15) is 26.1 Å². The molecule has 1 nitrogen and oxygen atoms in total. The van der Waals surface area contributed by atoms with Crippen molar-refractivity contribution < 1.29 is 4.79 Å². The van der Waals surface area contributed by atoms with Crippen LogP contribution in [0.15, 0.2) is 42.5 Å². The highest BCUT2D eigenvalue weighted by Gasteiger charge is 2.26. The van der Waals surface area contributed by atoms with Gasteiger partial charge in [-0.05, 0) is 22.8 Å². The van der Waals surface area contributed by atoms with Gasteiger partial charge in [-0.25, -0.2) is 0 Å². The predicted molar refractivity (Wildman–Crippen MR) is 76.0 cm³/mol. The molecule has 0 atom stereocenters. The van der Waals surface area contributed by atoms with Crippen LogP contribution in [-0.4, -0.2) is 5.78 Å². The van der Waals surface area contributed by atoms with Crippen molar-refractivity contribution in [1.82, 2.24) is 0 Å². The summed E-state index contributed by atoms with van der Waals surface area (Å²) in [6, 6.07) is 13.5. The molecule has 17 heavy (non-hydrogen) atoms. The first-order valence-corrected chi connectivity index (χ1v) is 6.36. The molecule has 0 heterocycles. The third kappa shape index (κ3) is 1.61. The third-order valence-electron chi connectivity index (χ3n) is 3.05. The molecule has 2 aromatic rings. The van der Waals surface area contributed by atoms with Crippen molar-refractivity contribution in [3.8, 4) is 11.1 Å². The second kappa shape index (κ2) is 3.93. The van der Waals surface area contributed by atoms with Gasteiger partial charge >= 0.3 is 0 Å². The van der Waals surface area contributed by atoms with Crippen LogP contribution in [0.5, 0.6) is 0 Å². The lowest BCUT2D eigenvalue weighted by atomic mass is 10.0. The number of benzene rings is 2. The molecule has 0 bridgehead atoms. The van der Waals surface area contributed by atoms with Gasteiger partial charge in [-0.2, -0.15) is 25.3 Å². The summed E-state index contributed by atoms with van der Waals surface area (Å²) in [5.74, 6) is 0.0970. The first-order valence-electron chi connectivity index (χ1n) is 5.32. The third-order valence-corrected chi connectivity index (χ3v) is 3.64. The normalized spacial score (nSPS) is 12.8. The van der Waals surface area contributed by atoms with E-state index in [4.69, 9.17) is 0 Å². The van der Waals surface area contributed by atoms with Gasteiger partial charge < -0.3 is 0 Å². The summed E-state index contributed by atoms with van der Waals surface area (Å²) in [5, 5.41) is 0. The molecule has 1 aliphatic carbocycles. The van der Waals surface area contributed by atoms with E-state index in [1.165, 1.54) is 0 Å². The Morgan fingerprint density at radius 1 is 0.824 bits per heavy atom. The molecule has 1 aliphatic rings. The highest BCUT2D eigenvalue weighted by atomic mass is 32.2. The quantitative estimate of drug-likeness (QED) is 0.502. The fourth-order valence-electron chi connectivity index (χ4n) is 2.21. The molecule has 0 aliphatic heterocycles. The summed E-state index contributed by atoms with van der Waals surface area (Å²) in [4.78, 5) is 12.2. The second-order valence-electron chi connectivity index (χ2n) is 4.05. The minimum absolute atomic E-state index is 0.0970. The van der Waals surface area contributed by atoms with Crippen molar-refractivity contribution in [2.24, 2.45) is 0 Å². The van der Waals surface area contributed by atoms with E-state index in [0.29, 0.717) is 0 Å². The van der Waals surface area contributed by atoms with Crippen LogP contribution >= 0.6 is 25.3 Å². The maximum Gasteiger partial charge on any atom is 0.194 e. The van der Waals surface area contributed by atoms with Crippen LogP contribution in [0.25, 0.3) is 11.1 Å². The SMILES string of the molecule is O=C1c2ccccc2-c2ccc(C(S)S)cc21. The Morgan fingerprint density at radius 2 is 1.47 bits per heavy atom. The average molecular weight is 258 g/mol. The summed E-state index contributed by atoms with van der Waals surface area (Å²) in [7, 11) is 0. The Labute approximate surface area is 111 Å². The highest BCUT2D eigenvalue weighted by Crippen LogP contribution is 2.38.